The summed E-state index contributed by atoms with van der Waals surface area (Å²) in [4.78, 5) is 35.3. The second kappa shape index (κ2) is 6.84. The normalized spacial score (nSPS) is 11.0. The van der Waals surface area contributed by atoms with Crippen molar-refractivity contribution in [2.75, 3.05) is 6.61 Å². The van der Waals surface area contributed by atoms with Crippen molar-refractivity contribution in [3.63, 3.8) is 0 Å². The van der Waals surface area contributed by atoms with Gasteiger partial charge in [0.2, 0.25) is 5.43 Å². The Morgan fingerprint density at radius 1 is 1.33 bits per heavy atom. The van der Waals surface area contributed by atoms with Crippen LogP contribution in [0, 0.1) is 15.9 Å². The molecule has 0 radical (unpaired) electrons. The summed E-state index contributed by atoms with van der Waals surface area (Å²) >= 11 is 5.85. The maximum Gasteiger partial charge on any atom is 0.343 e. The molecule has 0 spiro atoms. The number of pyridine rings is 1. The first-order valence-corrected chi connectivity index (χ1v) is 8.15. The van der Waals surface area contributed by atoms with Gasteiger partial charge in [-0.15, -0.1) is 0 Å². The molecule has 1 aromatic carbocycles. The van der Waals surface area contributed by atoms with E-state index in [0.29, 0.717) is 0 Å². The van der Waals surface area contributed by atoms with E-state index in [0.717, 1.165) is 6.07 Å². The van der Waals surface area contributed by atoms with Gasteiger partial charge in [0.05, 0.1) is 34.3 Å². The predicted octanol–water partition coefficient (Wildman–Crippen LogP) is 3.21. The Kier molecular flexibility index (Phi) is 4.71. The average Bonchev–Trinajstić information content (AvgIpc) is 2.99. The van der Waals surface area contributed by atoms with E-state index in [1.54, 1.807) is 14.0 Å². The zero-order chi connectivity index (χ0) is 19.9. The maximum atomic E-state index is 13.9. The Balaban J connectivity index is 2.42. The number of nitrogens with zero attached hydrogens (tertiary/aromatic N) is 3. The van der Waals surface area contributed by atoms with Crippen LogP contribution in [-0.4, -0.2) is 26.6 Å². The van der Waals surface area contributed by atoms with Crippen LogP contribution in [0.25, 0.3) is 16.7 Å². The smallest absolute Gasteiger partial charge is 0.343 e. The number of halogens is 2. The Labute approximate surface area is 156 Å². The number of aryl methyl sites for hydroxylation is 1. The summed E-state index contributed by atoms with van der Waals surface area (Å²) in [7, 11) is 1.56. The number of aromatic nitrogens is 2. The highest BCUT2D eigenvalue weighted by Crippen LogP contribution is 2.26. The van der Waals surface area contributed by atoms with Crippen LogP contribution in [0.3, 0.4) is 0 Å². The number of esters is 1. The molecule has 2 heterocycles. The van der Waals surface area contributed by atoms with Gasteiger partial charge >= 0.3 is 5.97 Å². The molecular weight excluding hydrogens is 381 g/mol. The lowest BCUT2D eigenvalue weighted by Crippen LogP contribution is -2.21. The van der Waals surface area contributed by atoms with Gasteiger partial charge in [0.25, 0.3) is 5.69 Å². The van der Waals surface area contributed by atoms with Gasteiger partial charge in [-0.1, -0.05) is 11.6 Å². The number of ether oxygens (including phenoxy) is 1. The van der Waals surface area contributed by atoms with Crippen LogP contribution in [0.4, 0.5) is 10.1 Å². The lowest BCUT2D eigenvalue weighted by atomic mass is 10.1. The lowest BCUT2D eigenvalue weighted by molar-refractivity contribution is -0.384. The van der Waals surface area contributed by atoms with Crippen molar-refractivity contribution in [1.82, 2.24) is 9.13 Å². The Morgan fingerprint density at radius 3 is 2.63 bits per heavy atom. The summed E-state index contributed by atoms with van der Waals surface area (Å²) < 4.78 is 21.6. The summed E-state index contributed by atoms with van der Waals surface area (Å²) in [5.74, 6) is -1.43. The quantitative estimate of drug-likeness (QED) is 0.385. The van der Waals surface area contributed by atoms with E-state index in [1.807, 2.05) is 0 Å². The number of hydrogen-bond acceptors (Lipinski definition) is 5. The molecule has 0 atom stereocenters. The van der Waals surface area contributed by atoms with Crippen LogP contribution in [0.2, 0.25) is 5.02 Å². The molecular formula is C17H13ClFN3O5. The zero-order valence-electron chi connectivity index (χ0n) is 14.2. The molecule has 0 N–H and O–H groups in total. The monoisotopic (exact) mass is 393 g/mol. The van der Waals surface area contributed by atoms with E-state index in [4.69, 9.17) is 16.3 Å². The van der Waals surface area contributed by atoms with Crippen LogP contribution in [0.15, 0.2) is 35.4 Å². The number of rotatable bonds is 4. The van der Waals surface area contributed by atoms with Crippen molar-refractivity contribution >= 4 is 34.2 Å². The third-order valence-electron chi connectivity index (χ3n) is 3.96. The fourth-order valence-corrected chi connectivity index (χ4v) is 2.90. The van der Waals surface area contributed by atoms with Crippen LogP contribution in [0.5, 0.6) is 0 Å². The Hall–Kier alpha value is -3.20. The molecule has 10 heteroatoms. The standard InChI is InChI=1S/C17H13ClFN3O5/c1-3-27-17(24)11-8-21(15-4-9(22(25)26)7-20(15)2)14-6-12(18)13(19)5-10(14)16(11)23/h4-8H,3H2,1-2H3. The fourth-order valence-electron chi connectivity index (χ4n) is 2.74. The third kappa shape index (κ3) is 3.17. The third-order valence-corrected chi connectivity index (χ3v) is 4.25. The molecule has 140 valence electrons. The first-order valence-electron chi connectivity index (χ1n) is 7.77. The predicted molar refractivity (Wildman–Crippen MR) is 96.1 cm³/mol. The highest BCUT2D eigenvalue weighted by molar-refractivity contribution is 6.31. The van der Waals surface area contributed by atoms with Gasteiger partial charge in [-0.2, -0.15) is 0 Å². The molecule has 0 bridgehead atoms. The topological polar surface area (TPSA) is 96.4 Å². The molecule has 3 aromatic rings. The molecule has 2 aromatic heterocycles. The highest BCUT2D eigenvalue weighted by Gasteiger charge is 2.21. The summed E-state index contributed by atoms with van der Waals surface area (Å²) in [6.07, 6.45) is 2.48. The average molecular weight is 394 g/mol. The number of benzene rings is 1. The molecule has 0 amide bonds. The minimum absolute atomic E-state index is 0.0426. The van der Waals surface area contributed by atoms with Gasteiger partial charge < -0.3 is 13.9 Å². The molecule has 0 aliphatic rings. The number of hydrogen-bond donors (Lipinski definition) is 0. The summed E-state index contributed by atoms with van der Waals surface area (Å²) in [6.45, 7) is 1.62. The van der Waals surface area contributed by atoms with Crippen molar-refractivity contribution in [2.24, 2.45) is 7.05 Å². The lowest BCUT2D eigenvalue weighted by Gasteiger charge is -2.14. The highest BCUT2D eigenvalue weighted by atomic mass is 35.5. The Bertz CT molecular complexity index is 1150. The van der Waals surface area contributed by atoms with Crippen molar-refractivity contribution in [3.05, 3.63) is 67.3 Å². The van der Waals surface area contributed by atoms with Crippen LogP contribution >= 0.6 is 11.6 Å². The van der Waals surface area contributed by atoms with Gasteiger partial charge in [-0.05, 0) is 19.1 Å². The molecule has 27 heavy (non-hydrogen) atoms. The molecule has 0 saturated heterocycles. The van der Waals surface area contributed by atoms with Crippen LogP contribution in [-0.2, 0) is 11.8 Å². The van der Waals surface area contributed by atoms with E-state index in [1.165, 1.54) is 33.7 Å². The van der Waals surface area contributed by atoms with Gasteiger partial charge in [-0.3, -0.25) is 14.9 Å². The second-order valence-electron chi connectivity index (χ2n) is 5.67. The molecule has 8 nitrogen and oxygen atoms in total. The van der Waals surface area contributed by atoms with E-state index in [9.17, 15) is 24.1 Å². The first-order chi connectivity index (χ1) is 12.7. The second-order valence-corrected chi connectivity index (χ2v) is 6.08. The summed E-state index contributed by atoms with van der Waals surface area (Å²) in [5.41, 5.74) is -1.05. The summed E-state index contributed by atoms with van der Waals surface area (Å²) in [6, 6.07) is 3.41. The van der Waals surface area contributed by atoms with Crippen molar-refractivity contribution in [2.45, 2.75) is 6.92 Å². The van der Waals surface area contributed by atoms with E-state index >= 15 is 0 Å². The van der Waals surface area contributed by atoms with Gasteiger partial charge in [0, 0.05) is 18.6 Å². The summed E-state index contributed by atoms with van der Waals surface area (Å²) in [5, 5.41) is 10.7. The van der Waals surface area contributed by atoms with E-state index < -0.39 is 22.1 Å². The van der Waals surface area contributed by atoms with E-state index in [-0.39, 0.29) is 39.6 Å². The number of nitro groups is 1. The van der Waals surface area contributed by atoms with Gasteiger partial charge in [-0.25, -0.2) is 9.18 Å². The number of fused-ring (bicyclic) bond motifs is 1. The van der Waals surface area contributed by atoms with Crippen molar-refractivity contribution in [3.8, 4) is 5.82 Å². The van der Waals surface area contributed by atoms with Crippen LogP contribution in [0.1, 0.15) is 17.3 Å². The Morgan fingerprint density at radius 2 is 2.04 bits per heavy atom. The first kappa shape index (κ1) is 18.6. The SMILES string of the molecule is CCOC(=O)c1cn(-c2cc([N+](=O)[O-])cn2C)c2cc(Cl)c(F)cc2c1=O. The molecule has 0 fully saturated rings. The molecule has 0 aliphatic heterocycles. The molecule has 0 aliphatic carbocycles. The van der Waals surface area contributed by atoms with Crippen molar-refractivity contribution in [1.29, 1.82) is 0 Å². The molecule has 0 saturated carbocycles. The van der Waals surface area contributed by atoms with E-state index in [2.05, 4.69) is 0 Å². The van der Waals surface area contributed by atoms with Gasteiger partial charge in [0.15, 0.2) is 0 Å². The fraction of sp³-hybridized carbons (Fsp3) is 0.176. The van der Waals surface area contributed by atoms with Gasteiger partial charge in [0.1, 0.15) is 17.2 Å². The maximum absolute atomic E-state index is 13.9. The molecule has 0 unspecified atom stereocenters. The minimum atomic E-state index is -0.878. The van der Waals surface area contributed by atoms with Crippen molar-refractivity contribution < 1.29 is 18.8 Å². The molecule has 3 rings (SSSR count). The van der Waals surface area contributed by atoms with Crippen LogP contribution < -0.4 is 5.43 Å². The number of carbonyl (C=O) groups is 1. The minimum Gasteiger partial charge on any atom is -0.462 e. The largest absolute Gasteiger partial charge is 0.462 e. The number of carbonyl (C=O) groups excluding carboxylic acids is 1. The zero-order valence-corrected chi connectivity index (χ0v) is 15.0.